The first kappa shape index (κ1) is 17.7. The lowest BCUT2D eigenvalue weighted by Crippen LogP contribution is -2.45. The highest BCUT2D eigenvalue weighted by atomic mass is 127. The van der Waals surface area contributed by atoms with Gasteiger partial charge in [-0.05, 0) is 18.3 Å². The minimum absolute atomic E-state index is 0. The van der Waals surface area contributed by atoms with E-state index in [1.807, 2.05) is 4.90 Å². The molecular formula is C16H23IN4O3. The normalized spacial score (nSPS) is 34.8. The van der Waals surface area contributed by atoms with Gasteiger partial charge in [0.1, 0.15) is 0 Å². The number of carbonyl (C=O) groups is 2. The van der Waals surface area contributed by atoms with E-state index in [2.05, 4.69) is 17.1 Å². The number of ether oxygens (including phenoxy) is 1. The molecule has 8 heteroatoms. The summed E-state index contributed by atoms with van der Waals surface area (Å²) in [7, 11) is 0. The van der Waals surface area contributed by atoms with Gasteiger partial charge in [0, 0.05) is 19.6 Å². The monoisotopic (exact) mass is 446 g/mol. The molecule has 4 unspecified atom stereocenters. The van der Waals surface area contributed by atoms with Crippen molar-refractivity contribution in [3.8, 4) is 0 Å². The van der Waals surface area contributed by atoms with E-state index in [4.69, 9.17) is 10.5 Å². The maximum atomic E-state index is 12.5. The van der Waals surface area contributed by atoms with Gasteiger partial charge in [0.2, 0.25) is 11.8 Å². The Morgan fingerprint density at radius 3 is 2.33 bits per heavy atom. The molecule has 3 fully saturated rings. The molecule has 2 amide bonds. The van der Waals surface area contributed by atoms with Crippen molar-refractivity contribution in [3.63, 3.8) is 0 Å². The fraction of sp³-hybridized carbons (Fsp3) is 0.688. The third kappa shape index (κ3) is 2.83. The molecule has 4 rings (SSSR count). The zero-order valence-electron chi connectivity index (χ0n) is 13.5. The number of amides is 2. The van der Waals surface area contributed by atoms with Crippen LogP contribution >= 0.6 is 24.0 Å². The average Bonchev–Trinajstić information content (AvgIpc) is 3.25. The smallest absolute Gasteiger partial charge is 0.233 e. The van der Waals surface area contributed by atoms with Gasteiger partial charge in [0.15, 0.2) is 5.96 Å². The highest BCUT2D eigenvalue weighted by Crippen LogP contribution is 2.52. The van der Waals surface area contributed by atoms with Gasteiger partial charge in [0.25, 0.3) is 0 Å². The quantitative estimate of drug-likeness (QED) is 0.218. The van der Waals surface area contributed by atoms with Gasteiger partial charge in [-0.1, -0.05) is 12.2 Å². The predicted molar refractivity (Wildman–Crippen MR) is 98.7 cm³/mol. The molecule has 7 nitrogen and oxygen atoms in total. The van der Waals surface area contributed by atoms with Crippen LogP contribution in [0.25, 0.3) is 0 Å². The molecule has 0 aromatic rings. The molecular weight excluding hydrogens is 423 g/mol. The first-order chi connectivity index (χ1) is 11.2. The van der Waals surface area contributed by atoms with Crippen LogP contribution < -0.4 is 5.73 Å². The minimum atomic E-state index is -0.127. The van der Waals surface area contributed by atoms with Crippen molar-refractivity contribution in [2.45, 2.75) is 6.42 Å². The molecule has 0 spiro atoms. The number of aliphatic imine (C=N–C) groups is 1. The molecule has 2 N–H and O–H groups in total. The van der Waals surface area contributed by atoms with Crippen LogP contribution in [0.2, 0.25) is 0 Å². The van der Waals surface area contributed by atoms with E-state index < -0.39 is 0 Å². The fourth-order valence-electron chi connectivity index (χ4n) is 4.34. The summed E-state index contributed by atoms with van der Waals surface area (Å²) >= 11 is 0. The van der Waals surface area contributed by atoms with Crippen molar-refractivity contribution in [2.24, 2.45) is 34.4 Å². The molecule has 2 heterocycles. The summed E-state index contributed by atoms with van der Waals surface area (Å²) in [5.41, 5.74) is 5.97. The maximum absolute atomic E-state index is 12.5. The fourth-order valence-corrected chi connectivity index (χ4v) is 4.34. The van der Waals surface area contributed by atoms with E-state index in [0.29, 0.717) is 32.3 Å². The zero-order valence-corrected chi connectivity index (χ0v) is 15.8. The van der Waals surface area contributed by atoms with Crippen molar-refractivity contribution < 1.29 is 14.3 Å². The lowest BCUT2D eigenvalue weighted by Gasteiger charge is -2.27. The van der Waals surface area contributed by atoms with Gasteiger partial charge < -0.3 is 15.4 Å². The number of likely N-dealkylation sites (tertiary alicyclic amines) is 1. The van der Waals surface area contributed by atoms with Crippen LogP contribution in [0, 0.1) is 23.7 Å². The van der Waals surface area contributed by atoms with Crippen molar-refractivity contribution in [3.05, 3.63) is 12.2 Å². The van der Waals surface area contributed by atoms with E-state index in [1.165, 1.54) is 4.90 Å². The van der Waals surface area contributed by atoms with Crippen molar-refractivity contribution >= 4 is 41.8 Å². The van der Waals surface area contributed by atoms with Crippen LogP contribution in [0.3, 0.4) is 0 Å². The number of morpholine rings is 1. The Bertz CT molecular complexity index is 558. The molecule has 24 heavy (non-hydrogen) atoms. The first-order valence-electron chi connectivity index (χ1n) is 8.33. The topological polar surface area (TPSA) is 88.2 Å². The third-order valence-corrected chi connectivity index (χ3v) is 5.49. The summed E-state index contributed by atoms with van der Waals surface area (Å²) in [6.07, 6.45) is 5.17. The predicted octanol–water partition coefficient (Wildman–Crippen LogP) is 0.0584. The van der Waals surface area contributed by atoms with Gasteiger partial charge in [-0.15, -0.1) is 24.0 Å². The number of rotatable bonds is 3. The number of nitrogens with two attached hydrogens (primary N) is 1. The second-order valence-corrected chi connectivity index (χ2v) is 6.67. The number of hydrogen-bond acceptors (Lipinski definition) is 4. The number of hydrogen-bond donors (Lipinski definition) is 1. The SMILES string of the molecule is I.NC(=NCCN1C(=O)C2C3C=CC(C3)C2C1=O)N1CCOCC1. The van der Waals surface area contributed by atoms with Crippen molar-refractivity contribution in [2.75, 3.05) is 39.4 Å². The number of allylic oxidation sites excluding steroid dienone is 2. The van der Waals surface area contributed by atoms with Crippen LogP contribution in [-0.2, 0) is 14.3 Å². The highest BCUT2D eigenvalue weighted by molar-refractivity contribution is 14.0. The highest BCUT2D eigenvalue weighted by Gasteiger charge is 2.58. The molecule has 4 atom stereocenters. The Hall–Kier alpha value is -1.16. The Balaban J connectivity index is 0.00000169. The molecule has 2 saturated heterocycles. The molecule has 0 radical (unpaired) electrons. The summed E-state index contributed by atoms with van der Waals surface area (Å²) in [5.74, 6) is 0.696. The summed E-state index contributed by atoms with van der Waals surface area (Å²) in [6.45, 7) is 3.46. The van der Waals surface area contributed by atoms with Crippen molar-refractivity contribution in [1.29, 1.82) is 0 Å². The molecule has 132 valence electrons. The second kappa shape index (κ2) is 6.99. The first-order valence-corrected chi connectivity index (χ1v) is 8.33. The molecule has 0 aromatic carbocycles. The van der Waals surface area contributed by atoms with E-state index in [-0.39, 0.29) is 59.5 Å². The van der Waals surface area contributed by atoms with Crippen LogP contribution in [0.5, 0.6) is 0 Å². The minimum Gasteiger partial charge on any atom is -0.378 e. The number of fused-ring (bicyclic) bond motifs is 5. The van der Waals surface area contributed by atoms with Gasteiger partial charge in [-0.2, -0.15) is 0 Å². The largest absolute Gasteiger partial charge is 0.378 e. The Labute approximate surface area is 158 Å². The number of imide groups is 1. The molecule has 4 aliphatic rings. The van der Waals surface area contributed by atoms with Gasteiger partial charge >= 0.3 is 0 Å². The lowest BCUT2D eigenvalue weighted by molar-refractivity contribution is -0.140. The molecule has 1 saturated carbocycles. The molecule has 2 aliphatic heterocycles. The Morgan fingerprint density at radius 2 is 1.75 bits per heavy atom. The zero-order chi connectivity index (χ0) is 16.0. The molecule has 2 aliphatic carbocycles. The van der Waals surface area contributed by atoms with Gasteiger partial charge in [0.05, 0.1) is 31.6 Å². The van der Waals surface area contributed by atoms with Crippen molar-refractivity contribution in [1.82, 2.24) is 9.80 Å². The lowest BCUT2D eigenvalue weighted by atomic mass is 9.85. The summed E-state index contributed by atoms with van der Waals surface area (Å²) < 4.78 is 5.28. The molecule has 0 aromatic heterocycles. The maximum Gasteiger partial charge on any atom is 0.233 e. The Morgan fingerprint density at radius 1 is 1.17 bits per heavy atom. The summed E-state index contributed by atoms with van der Waals surface area (Å²) in [6, 6.07) is 0. The van der Waals surface area contributed by atoms with E-state index in [0.717, 1.165) is 19.5 Å². The standard InChI is InChI=1S/C16H22N4O3.HI/c17-16(19-5-7-23-8-6-19)18-3-4-20-14(21)12-10-1-2-11(9-10)13(12)15(20)22;/h1-2,10-13H,3-9H2,(H2,17,18);1H. The number of carbonyl (C=O) groups excluding carboxylic acids is 2. The number of halogens is 1. The third-order valence-electron chi connectivity index (χ3n) is 5.49. The Kier molecular flexibility index (Phi) is 5.14. The van der Waals surface area contributed by atoms with Crippen LogP contribution in [-0.4, -0.2) is 67.0 Å². The summed E-state index contributed by atoms with van der Waals surface area (Å²) in [5, 5.41) is 0. The van der Waals surface area contributed by atoms with Gasteiger partial charge in [-0.3, -0.25) is 19.5 Å². The molecule has 2 bridgehead atoms. The van der Waals surface area contributed by atoms with E-state index in [1.54, 1.807) is 0 Å². The van der Waals surface area contributed by atoms with E-state index in [9.17, 15) is 9.59 Å². The second-order valence-electron chi connectivity index (χ2n) is 6.67. The average molecular weight is 446 g/mol. The van der Waals surface area contributed by atoms with Crippen LogP contribution in [0.15, 0.2) is 17.1 Å². The number of guanidine groups is 1. The van der Waals surface area contributed by atoms with Crippen LogP contribution in [0.1, 0.15) is 6.42 Å². The van der Waals surface area contributed by atoms with Gasteiger partial charge in [-0.25, -0.2) is 0 Å². The van der Waals surface area contributed by atoms with Crippen LogP contribution in [0.4, 0.5) is 0 Å². The number of nitrogens with zero attached hydrogens (tertiary/aromatic N) is 3. The van der Waals surface area contributed by atoms with E-state index >= 15 is 0 Å². The summed E-state index contributed by atoms with van der Waals surface area (Å²) in [4.78, 5) is 32.8.